The zero-order chi connectivity index (χ0) is 22.0. The number of hydrogen-bond acceptors (Lipinski definition) is 4. The summed E-state index contributed by atoms with van der Waals surface area (Å²) in [6, 6.07) is 16.3. The van der Waals surface area contributed by atoms with Crippen LogP contribution in [0.25, 0.3) is 16.5 Å². The standard InChI is InChI=1S/C23H18FN3O3S/c1-23(21(29)26-22(30)27-23)14-5-4-6-15(13-14)25-20(28)12-10-16-9-11-19(31-16)17-7-2-3-8-18(17)24/h2-13H,1H3,(H,25,28)(H2,26,27,29,30)/b12-10+. The summed E-state index contributed by atoms with van der Waals surface area (Å²) in [5.74, 6) is -1.11. The van der Waals surface area contributed by atoms with Gasteiger partial charge in [-0.1, -0.05) is 30.3 Å². The molecule has 1 aliphatic rings. The van der Waals surface area contributed by atoms with Crippen molar-refractivity contribution in [2.24, 2.45) is 0 Å². The lowest BCUT2D eigenvalue weighted by Crippen LogP contribution is -2.40. The van der Waals surface area contributed by atoms with E-state index in [1.165, 1.54) is 23.5 Å². The van der Waals surface area contributed by atoms with Crippen LogP contribution in [0.3, 0.4) is 0 Å². The second-order valence-electron chi connectivity index (χ2n) is 7.12. The van der Waals surface area contributed by atoms with Gasteiger partial charge in [0, 0.05) is 27.1 Å². The van der Waals surface area contributed by atoms with E-state index in [-0.39, 0.29) is 11.7 Å². The highest BCUT2D eigenvalue weighted by Crippen LogP contribution is 2.31. The van der Waals surface area contributed by atoms with E-state index in [1.54, 1.807) is 55.5 Å². The summed E-state index contributed by atoms with van der Waals surface area (Å²) < 4.78 is 13.9. The number of thiophene rings is 1. The third-order valence-electron chi connectivity index (χ3n) is 4.92. The van der Waals surface area contributed by atoms with Crippen LogP contribution in [-0.2, 0) is 15.1 Å². The number of rotatable bonds is 5. The number of carbonyl (C=O) groups excluding carboxylic acids is 3. The number of amides is 4. The monoisotopic (exact) mass is 435 g/mol. The van der Waals surface area contributed by atoms with Gasteiger partial charge in [-0.05, 0) is 48.9 Å². The molecule has 8 heteroatoms. The minimum absolute atomic E-state index is 0.293. The molecule has 0 saturated carbocycles. The molecule has 1 fully saturated rings. The lowest BCUT2D eigenvalue weighted by molar-refractivity contribution is -0.123. The van der Waals surface area contributed by atoms with Crippen LogP contribution >= 0.6 is 11.3 Å². The van der Waals surface area contributed by atoms with Gasteiger partial charge in [0.05, 0.1) is 0 Å². The average Bonchev–Trinajstić information content (AvgIpc) is 3.31. The van der Waals surface area contributed by atoms with Gasteiger partial charge < -0.3 is 10.6 Å². The van der Waals surface area contributed by atoms with E-state index in [0.717, 1.165) is 9.75 Å². The van der Waals surface area contributed by atoms with Crippen molar-refractivity contribution >= 4 is 40.9 Å². The van der Waals surface area contributed by atoms with Gasteiger partial charge in [0.25, 0.3) is 5.91 Å². The minimum atomic E-state index is -1.20. The minimum Gasteiger partial charge on any atom is -0.323 e. The molecule has 3 aromatic rings. The van der Waals surface area contributed by atoms with Crippen molar-refractivity contribution in [1.29, 1.82) is 0 Å². The molecular formula is C23H18FN3O3S. The van der Waals surface area contributed by atoms with Crippen LogP contribution in [0.1, 0.15) is 17.4 Å². The number of anilines is 1. The van der Waals surface area contributed by atoms with E-state index in [0.29, 0.717) is 16.8 Å². The van der Waals surface area contributed by atoms with Gasteiger partial charge in [-0.3, -0.25) is 14.9 Å². The number of hydrogen-bond donors (Lipinski definition) is 3. The Labute approximate surface area is 181 Å². The SMILES string of the molecule is CC1(c2cccc(NC(=O)/C=C/c3ccc(-c4ccccc4F)s3)c2)NC(=O)NC1=O. The number of benzene rings is 2. The number of nitrogens with one attached hydrogen (secondary N) is 3. The maximum absolute atomic E-state index is 13.9. The molecule has 1 aliphatic heterocycles. The summed E-state index contributed by atoms with van der Waals surface area (Å²) in [5, 5.41) is 7.55. The van der Waals surface area contributed by atoms with Gasteiger partial charge in [-0.15, -0.1) is 11.3 Å². The Morgan fingerprint density at radius 3 is 2.65 bits per heavy atom. The summed E-state index contributed by atoms with van der Waals surface area (Å²) in [7, 11) is 0. The Morgan fingerprint density at radius 2 is 1.90 bits per heavy atom. The van der Waals surface area contributed by atoms with Crippen LogP contribution in [0, 0.1) is 5.82 Å². The highest BCUT2D eigenvalue weighted by molar-refractivity contribution is 7.16. The first-order valence-corrected chi connectivity index (χ1v) is 10.2. The van der Waals surface area contributed by atoms with E-state index in [4.69, 9.17) is 0 Å². The normalized spacial score (nSPS) is 18.1. The van der Waals surface area contributed by atoms with Gasteiger partial charge in [-0.2, -0.15) is 0 Å². The molecule has 0 radical (unpaired) electrons. The second kappa shape index (κ2) is 8.16. The van der Waals surface area contributed by atoms with E-state index in [1.807, 2.05) is 12.1 Å². The summed E-state index contributed by atoms with van der Waals surface area (Å²) in [6.07, 6.45) is 3.04. The van der Waals surface area contributed by atoms with Crippen molar-refractivity contribution in [3.8, 4) is 10.4 Å². The maximum atomic E-state index is 13.9. The summed E-state index contributed by atoms with van der Waals surface area (Å²) in [4.78, 5) is 37.5. The average molecular weight is 435 g/mol. The molecule has 0 bridgehead atoms. The molecule has 1 unspecified atom stereocenters. The fraction of sp³-hybridized carbons (Fsp3) is 0.0870. The number of urea groups is 1. The predicted octanol–water partition coefficient (Wildman–Crippen LogP) is 4.26. The highest BCUT2D eigenvalue weighted by Gasteiger charge is 2.43. The lowest BCUT2D eigenvalue weighted by atomic mass is 9.92. The summed E-state index contributed by atoms with van der Waals surface area (Å²) in [6.45, 7) is 1.60. The van der Waals surface area contributed by atoms with Crippen LogP contribution in [-0.4, -0.2) is 17.8 Å². The Kier molecular flexibility index (Phi) is 5.39. The van der Waals surface area contributed by atoms with E-state index in [2.05, 4.69) is 16.0 Å². The zero-order valence-corrected chi connectivity index (χ0v) is 17.3. The van der Waals surface area contributed by atoms with Crippen molar-refractivity contribution < 1.29 is 18.8 Å². The summed E-state index contributed by atoms with van der Waals surface area (Å²) in [5.41, 5.74) is 0.351. The Balaban J connectivity index is 1.45. The first-order valence-electron chi connectivity index (χ1n) is 9.43. The van der Waals surface area contributed by atoms with Crippen molar-refractivity contribution in [1.82, 2.24) is 10.6 Å². The fourth-order valence-corrected chi connectivity index (χ4v) is 4.18. The molecule has 6 nitrogen and oxygen atoms in total. The molecule has 1 aromatic heterocycles. The van der Waals surface area contributed by atoms with Gasteiger partial charge in [-0.25, -0.2) is 9.18 Å². The van der Waals surface area contributed by atoms with Gasteiger partial charge in [0.1, 0.15) is 11.4 Å². The first-order chi connectivity index (χ1) is 14.8. The third kappa shape index (κ3) is 4.24. The van der Waals surface area contributed by atoms with Crippen molar-refractivity contribution in [2.75, 3.05) is 5.32 Å². The maximum Gasteiger partial charge on any atom is 0.322 e. The Morgan fingerprint density at radius 1 is 1.10 bits per heavy atom. The molecule has 156 valence electrons. The molecule has 4 amide bonds. The summed E-state index contributed by atoms with van der Waals surface area (Å²) >= 11 is 1.38. The van der Waals surface area contributed by atoms with Crippen LogP contribution < -0.4 is 16.0 Å². The second-order valence-corrected chi connectivity index (χ2v) is 8.23. The molecule has 2 aromatic carbocycles. The predicted molar refractivity (Wildman–Crippen MR) is 118 cm³/mol. The van der Waals surface area contributed by atoms with Gasteiger partial charge in [0.2, 0.25) is 5.91 Å². The van der Waals surface area contributed by atoms with E-state index in [9.17, 15) is 18.8 Å². The van der Waals surface area contributed by atoms with E-state index < -0.39 is 17.5 Å². The molecule has 0 spiro atoms. The fourth-order valence-electron chi connectivity index (χ4n) is 3.24. The number of imide groups is 1. The third-order valence-corrected chi connectivity index (χ3v) is 6.00. The van der Waals surface area contributed by atoms with Crippen LogP contribution in [0.15, 0.2) is 66.7 Å². The molecule has 2 heterocycles. The number of halogens is 1. The van der Waals surface area contributed by atoms with Crippen LogP contribution in [0.5, 0.6) is 0 Å². The quantitative estimate of drug-likeness (QED) is 0.413. The van der Waals surface area contributed by atoms with Crippen molar-refractivity contribution in [3.63, 3.8) is 0 Å². The van der Waals surface area contributed by atoms with Crippen LogP contribution in [0.4, 0.5) is 14.9 Å². The molecule has 3 N–H and O–H groups in total. The molecule has 4 rings (SSSR count). The van der Waals surface area contributed by atoms with Crippen molar-refractivity contribution in [2.45, 2.75) is 12.5 Å². The van der Waals surface area contributed by atoms with E-state index >= 15 is 0 Å². The number of carbonyl (C=O) groups is 3. The zero-order valence-electron chi connectivity index (χ0n) is 16.4. The molecular weight excluding hydrogens is 417 g/mol. The first kappa shape index (κ1) is 20.5. The topological polar surface area (TPSA) is 87.3 Å². The van der Waals surface area contributed by atoms with Gasteiger partial charge in [0.15, 0.2) is 0 Å². The van der Waals surface area contributed by atoms with Crippen molar-refractivity contribution in [3.05, 3.63) is 83.0 Å². The van der Waals surface area contributed by atoms with Crippen LogP contribution in [0.2, 0.25) is 0 Å². The highest BCUT2D eigenvalue weighted by atomic mass is 32.1. The smallest absolute Gasteiger partial charge is 0.322 e. The van der Waals surface area contributed by atoms with Gasteiger partial charge >= 0.3 is 6.03 Å². The Hall–Kier alpha value is -3.78. The molecule has 1 atom stereocenters. The Bertz CT molecular complexity index is 1220. The molecule has 1 saturated heterocycles. The molecule has 31 heavy (non-hydrogen) atoms. The largest absolute Gasteiger partial charge is 0.323 e. The molecule has 0 aliphatic carbocycles. The lowest BCUT2D eigenvalue weighted by Gasteiger charge is -2.21.